The molecule has 0 saturated heterocycles. The van der Waals surface area contributed by atoms with E-state index in [1.54, 1.807) is 7.11 Å². The predicted octanol–water partition coefficient (Wildman–Crippen LogP) is 0.976. The molecule has 1 unspecified atom stereocenters. The average Bonchev–Trinajstić information content (AvgIpc) is 2.37. The van der Waals surface area contributed by atoms with Gasteiger partial charge in [0.2, 0.25) is 0 Å². The minimum atomic E-state index is -0.733. The summed E-state index contributed by atoms with van der Waals surface area (Å²) in [6.45, 7) is 4.24. The first-order valence-corrected chi connectivity index (χ1v) is 6.78. The minimum absolute atomic E-state index is 0.539. The number of hydrogen-bond donors (Lipinski definition) is 2. The van der Waals surface area contributed by atoms with Crippen LogP contribution in [0.2, 0.25) is 0 Å². The van der Waals surface area contributed by atoms with Crippen LogP contribution in [-0.4, -0.2) is 63.1 Å². The molecule has 0 bridgehead atoms. The second kappa shape index (κ2) is 8.09. The normalized spacial score (nSPS) is 14.1. The van der Waals surface area contributed by atoms with Gasteiger partial charge in [-0.05, 0) is 45.3 Å². The first-order chi connectivity index (χ1) is 9.43. The summed E-state index contributed by atoms with van der Waals surface area (Å²) in [5, 5.41) is 13.3. The molecular formula is C15H26N2O3. The summed E-state index contributed by atoms with van der Waals surface area (Å²) >= 11 is 0. The standard InChI is InChI=1S/C15H26N2O3/c1-15(18,12-17(2)3)11-16-9-10-20-14-7-5-13(19-4)6-8-14/h5-8,16,18H,9-12H2,1-4H3. The molecule has 0 fully saturated rings. The van der Waals surface area contributed by atoms with Crippen molar-refractivity contribution in [1.82, 2.24) is 10.2 Å². The first-order valence-electron chi connectivity index (χ1n) is 6.78. The Morgan fingerprint density at radius 3 is 2.35 bits per heavy atom. The third-order valence-corrected chi connectivity index (χ3v) is 2.77. The molecule has 0 heterocycles. The lowest BCUT2D eigenvalue weighted by molar-refractivity contribution is 0.0333. The van der Waals surface area contributed by atoms with E-state index < -0.39 is 5.60 Å². The van der Waals surface area contributed by atoms with E-state index in [9.17, 15) is 5.11 Å². The Balaban J connectivity index is 2.18. The molecule has 1 rings (SSSR count). The van der Waals surface area contributed by atoms with Gasteiger partial charge in [-0.3, -0.25) is 0 Å². The fraction of sp³-hybridized carbons (Fsp3) is 0.600. The number of rotatable bonds is 9. The molecule has 0 aromatic heterocycles. The Bertz CT molecular complexity index is 377. The first kappa shape index (κ1) is 16.8. The zero-order valence-electron chi connectivity index (χ0n) is 12.8. The van der Waals surface area contributed by atoms with E-state index in [1.807, 2.05) is 50.2 Å². The monoisotopic (exact) mass is 282 g/mol. The SMILES string of the molecule is COc1ccc(OCCNCC(C)(O)CN(C)C)cc1. The van der Waals surface area contributed by atoms with Gasteiger partial charge >= 0.3 is 0 Å². The largest absolute Gasteiger partial charge is 0.497 e. The van der Waals surface area contributed by atoms with E-state index in [0.29, 0.717) is 26.2 Å². The Morgan fingerprint density at radius 1 is 1.20 bits per heavy atom. The minimum Gasteiger partial charge on any atom is -0.497 e. The van der Waals surface area contributed by atoms with Gasteiger partial charge in [-0.2, -0.15) is 0 Å². The van der Waals surface area contributed by atoms with E-state index in [0.717, 1.165) is 11.5 Å². The molecule has 2 N–H and O–H groups in total. The van der Waals surface area contributed by atoms with Gasteiger partial charge in [-0.1, -0.05) is 0 Å². The van der Waals surface area contributed by atoms with Crippen molar-refractivity contribution in [2.45, 2.75) is 12.5 Å². The Labute approximate surface area is 121 Å². The summed E-state index contributed by atoms with van der Waals surface area (Å²) in [5.41, 5.74) is -0.733. The summed E-state index contributed by atoms with van der Waals surface area (Å²) in [7, 11) is 5.53. The van der Waals surface area contributed by atoms with Crippen LogP contribution in [0.15, 0.2) is 24.3 Å². The average molecular weight is 282 g/mol. The van der Waals surface area contributed by atoms with Gasteiger partial charge in [0.05, 0.1) is 12.7 Å². The number of nitrogens with zero attached hydrogens (tertiary/aromatic N) is 1. The van der Waals surface area contributed by atoms with E-state index >= 15 is 0 Å². The van der Waals surface area contributed by atoms with Crippen molar-refractivity contribution in [1.29, 1.82) is 0 Å². The van der Waals surface area contributed by atoms with Gasteiger partial charge in [-0.15, -0.1) is 0 Å². The molecule has 0 aliphatic rings. The molecule has 5 heteroatoms. The van der Waals surface area contributed by atoms with Crippen molar-refractivity contribution in [2.75, 3.05) is 47.4 Å². The lowest BCUT2D eigenvalue weighted by atomic mass is 10.1. The third kappa shape index (κ3) is 6.75. The van der Waals surface area contributed by atoms with Gasteiger partial charge in [0.25, 0.3) is 0 Å². The van der Waals surface area contributed by atoms with Crippen molar-refractivity contribution in [3.8, 4) is 11.5 Å². The molecule has 20 heavy (non-hydrogen) atoms. The summed E-state index contributed by atoms with van der Waals surface area (Å²) in [4.78, 5) is 1.97. The molecule has 5 nitrogen and oxygen atoms in total. The van der Waals surface area contributed by atoms with E-state index in [-0.39, 0.29) is 0 Å². The smallest absolute Gasteiger partial charge is 0.119 e. The fourth-order valence-electron chi connectivity index (χ4n) is 2.01. The maximum absolute atomic E-state index is 10.1. The molecular weight excluding hydrogens is 256 g/mol. The summed E-state index contributed by atoms with van der Waals surface area (Å²) in [6.07, 6.45) is 0. The molecule has 1 aromatic rings. The molecule has 0 aliphatic carbocycles. The van der Waals surface area contributed by atoms with Gasteiger partial charge in [-0.25, -0.2) is 0 Å². The lowest BCUT2D eigenvalue weighted by Gasteiger charge is -2.27. The number of nitrogens with one attached hydrogen (secondary N) is 1. The number of aliphatic hydroxyl groups is 1. The van der Waals surface area contributed by atoms with Crippen LogP contribution in [0.3, 0.4) is 0 Å². The van der Waals surface area contributed by atoms with Gasteiger partial charge < -0.3 is 24.8 Å². The number of ether oxygens (including phenoxy) is 2. The maximum Gasteiger partial charge on any atom is 0.119 e. The Kier molecular flexibility index (Phi) is 6.78. The Morgan fingerprint density at radius 2 is 1.80 bits per heavy atom. The van der Waals surface area contributed by atoms with Crippen LogP contribution in [-0.2, 0) is 0 Å². The van der Waals surface area contributed by atoms with Crippen molar-refractivity contribution in [2.24, 2.45) is 0 Å². The quantitative estimate of drug-likeness (QED) is 0.661. The topological polar surface area (TPSA) is 54.0 Å². The summed E-state index contributed by atoms with van der Waals surface area (Å²) in [6, 6.07) is 7.48. The van der Waals surface area contributed by atoms with Crippen molar-refractivity contribution in [3.63, 3.8) is 0 Å². The number of hydrogen-bond acceptors (Lipinski definition) is 5. The fourth-order valence-corrected chi connectivity index (χ4v) is 2.01. The lowest BCUT2D eigenvalue weighted by Crippen LogP contribution is -2.46. The van der Waals surface area contributed by atoms with Crippen LogP contribution in [0.25, 0.3) is 0 Å². The highest BCUT2D eigenvalue weighted by molar-refractivity contribution is 5.31. The number of benzene rings is 1. The third-order valence-electron chi connectivity index (χ3n) is 2.77. The van der Waals surface area contributed by atoms with Crippen LogP contribution in [0.4, 0.5) is 0 Å². The van der Waals surface area contributed by atoms with Gasteiger partial charge in [0, 0.05) is 19.6 Å². The van der Waals surface area contributed by atoms with Crippen molar-refractivity contribution in [3.05, 3.63) is 24.3 Å². The maximum atomic E-state index is 10.1. The highest BCUT2D eigenvalue weighted by Crippen LogP contribution is 2.16. The van der Waals surface area contributed by atoms with Crippen LogP contribution >= 0.6 is 0 Å². The molecule has 0 radical (unpaired) electrons. The Hall–Kier alpha value is -1.30. The molecule has 0 spiro atoms. The van der Waals surface area contributed by atoms with Gasteiger partial charge in [0.15, 0.2) is 0 Å². The van der Waals surface area contributed by atoms with E-state index in [2.05, 4.69) is 5.32 Å². The van der Waals surface area contributed by atoms with Crippen LogP contribution in [0.1, 0.15) is 6.92 Å². The zero-order chi connectivity index (χ0) is 15.0. The van der Waals surface area contributed by atoms with Crippen molar-refractivity contribution >= 4 is 0 Å². The van der Waals surface area contributed by atoms with Crippen LogP contribution < -0.4 is 14.8 Å². The summed E-state index contributed by atoms with van der Waals surface area (Å²) < 4.78 is 10.7. The number of likely N-dealkylation sites (N-methyl/N-ethyl adjacent to an activating group) is 1. The van der Waals surface area contributed by atoms with Gasteiger partial charge in [0.1, 0.15) is 18.1 Å². The number of methoxy groups -OCH3 is 1. The highest BCUT2D eigenvalue weighted by atomic mass is 16.5. The van der Waals surface area contributed by atoms with Crippen LogP contribution in [0.5, 0.6) is 11.5 Å². The second-order valence-electron chi connectivity index (χ2n) is 5.44. The molecule has 0 saturated carbocycles. The molecule has 0 aliphatic heterocycles. The van der Waals surface area contributed by atoms with E-state index in [1.165, 1.54) is 0 Å². The molecule has 0 amide bonds. The predicted molar refractivity (Wildman–Crippen MR) is 80.5 cm³/mol. The van der Waals surface area contributed by atoms with E-state index in [4.69, 9.17) is 9.47 Å². The summed E-state index contributed by atoms with van der Waals surface area (Å²) in [5.74, 6) is 1.63. The molecule has 1 atom stereocenters. The highest BCUT2D eigenvalue weighted by Gasteiger charge is 2.20. The van der Waals surface area contributed by atoms with Crippen molar-refractivity contribution < 1.29 is 14.6 Å². The molecule has 1 aromatic carbocycles. The zero-order valence-corrected chi connectivity index (χ0v) is 12.8. The molecule has 114 valence electrons. The second-order valence-corrected chi connectivity index (χ2v) is 5.44. The van der Waals surface area contributed by atoms with Crippen LogP contribution in [0, 0.1) is 0 Å².